The molecule has 0 unspecified atom stereocenters. The summed E-state index contributed by atoms with van der Waals surface area (Å²) >= 11 is 0. The summed E-state index contributed by atoms with van der Waals surface area (Å²) in [6.07, 6.45) is 0. The Bertz CT molecular complexity index is 702. The normalized spacial score (nSPS) is 20.5. The van der Waals surface area contributed by atoms with Crippen LogP contribution in [0.1, 0.15) is 30.9 Å². The largest absolute Gasteiger partial charge is 0.335 e. The van der Waals surface area contributed by atoms with Gasteiger partial charge in [-0.25, -0.2) is 0 Å². The highest BCUT2D eigenvalue weighted by Crippen LogP contribution is 2.26. The third-order valence-corrected chi connectivity index (χ3v) is 5.17. The molecule has 0 radical (unpaired) electrons. The monoisotopic (exact) mass is 351 g/mol. The minimum atomic E-state index is 0.0758. The molecular weight excluding hydrogens is 322 g/mol. The van der Waals surface area contributed by atoms with Gasteiger partial charge in [-0.3, -0.25) is 9.69 Å². The van der Waals surface area contributed by atoms with E-state index in [-0.39, 0.29) is 18.0 Å². The number of likely N-dealkylation sites (tertiary alicyclic amines) is 1. The molecule has 2 aromatic rings. The Morgan fingerprint density at radius 2 is 1.69 bits per heavy atom. The smallest absolute Gasteiger partial charge is 0.237 e. The Morgan fingerprint density at radius 1 is 1.08 bits per heavy atom. The third kappa shape index (κ3) is 4.51. The van der Waals surface area contributed by atoms with Crippen LogP contribution in [0.25, 0.3) is 0 Å². The molecule has 1 saturated heterocycles. The van der Waals surface area contributed by atoms with E-state index in [1.54, 1.807) is 0 Å². The van der Waals surface area contributed by atoms with E-state index in [1.165, 1.54) is 5.56 Å². The fraction of sp³-hybridized carbons (Fsp3) is 0.409. The molecule has 0 aliphatic carbocycles. The molecule has 2 N–H and O–H groups in total. The first-order valence-electron chi connectivity index (χ1n) is 9.41. The molecule has 2 atom stereocenters. The van der Waals surface area contributed by atoms with Gasteiger partial charge < -0.3 is 10.6 Å². The lowest BCUT2D eigenvalue weighted by Gasteiger charge is -2.29. The topological polar surface area (TPSA) is 49.6 Å². The number of benzene rings is 2. The van der Waals surface area contributed by atoms with Crippen molar-refractivity contribution in [3.05, 3.63) is 71.8 Å². The molecule has 0 saturated carbocycles. The maximum Gasteiger partial charge on any atom is 0.237 e. The highest BCUT2D eigenvalue weighted by Gasteiger charge is 2.33. The van der Waals surface area contributed by atoms with Crippen molar-refractivity contribution in [3.8, 4) is 0 Å². The maximum atomic E-state index is 12.9. The van der Waals surface area contributed by atoms with Crippen LogP contribution in [-0.4, -0.2) is 47.4 Å². The molecule has 26 heavy (non-hydrogen) atoms. The molecular formula is C22H29N3O. The lowest BCUT2D eigenvalue weighted by Crippen LogP contribution is -2.43. The van der Waals surface area contributed by atoms with Gasteiger partial charge in [-0.1, -0.05) is 60.7 Å². The van der Waals surface area contributed by atoms with E-state index in [9.17, 15) is 4.79 Å². The number of hydrogen-bond donors (Lipinski definition) is 1. The molecule has 4 nitrogen and oxygen atoms in total. The van der Waals surface area contributed by atoms with Gasteiger partial charge in [0.2, 0.25) is 5.91 Å². The van der Waals surface area contributed by atoms with Crippen LogP contribution in [0.15, 0.2) is 60.7 Å². The van der Waals surface area contributed by atoms with Crippen molar-refractivity contribution in [1.29, 1.82) is 0 Å². The minimum absolute atomic E-state index is 0.0758. The van der Waals surface area contributed by atoms with Gasteiger partial charge >= 0.3 is 0 Å². The first-order valence-corrected chi connectivity index (χ1v) is 9.41. The second kappa shape index (κ2) is 8.47. The fourth-order valence-corrected chi connectivity index (χ4v) is 3.72. The number of hydrogen-bond acceptors (Lipinski definition) is 3. The first-order chi connectivity index (χ1) is 12.5. The SMILES string of the molecule is CC(C)N(Cc1ccccc1)C(=O)CN1C[C@@H](N)[C@H](c2ccccc2)C1. The number of amides is 1. The Labute approximate surface area is 156 Å². The second-order valence-electron chi connectivity index (χ2n) is 7.48. The molecule has 4 heteroatoms. The molecule has 0 bridgehead atoms. The van der Waals surface area contributed by atoms with Crippen molar-refractivity contribution >= 4 is 5.91 Å². The summed E-state index contributed by atoms with van der Waals surface area (Å²) in [6, 6.07) is 20.8. The lowest BCUT2D eigenvalue weighted by atomic mass is 9.95. The molecule has 138 valence electrons. The van der Waals surface area contributed by atoms with Crippen LogP contribution in [0.4, 0.5) is 0 Å². The highest BCUT2D eigenvalue weighted by atomic mass is 16.2. The number of carbonyl (C=O) groups excluding carboxylic acids is 1. The Kier molecular flexibility index (Phi) is 6.07. The zero-order valence-corrected chi connectivity index (χ0v) is 15.7. The average molecular weight is 351 g/mol. The van der Waals surface area contributed by atoms with Crippen molar-refractivity contribution < 1.29 is 4.79 Å². The molecule has 0 spiro atoms. The van der Waals surface area contributed by atoms with Crippen molar-refractivity contribution in [2.45, 2.75) is 38.4 Å². The van der Waals surface area contributed by atoms with E-state index in [4.69, 9.17) is 5.73 Å². The Balaban J connectivity index is 1.63. The zero-order valence-electron chi connectivity index (χ0n) is 15.7. The van der Waals surface area contributed by atoms with E-state index in [0.717, 1.165) is 18.7 Å². The molecule has 3 rings (SSSR count). The van der Waals surface area contributed by atoms with E-state index in [0.29, 0.717) is 19.0 Å². The summed E-state index contributed by atoms with van der Waals surface area (Å²) < 4.78 is 0. The second-order valence-corrected chi connectivity index (χ2v) is 7.48. The van der Waals surface area contributed by atoms with E-state index in [2.05, 4.69) is 55.1 Å². The number of nitrogens with two attached hydrogens (primary N) is 1. The third-order valence-electron chi connectivity index (χ3n) is 5.17. The quantitative estimate of drug-likeness (QED) is 0.871. The summed E-state index contributed by atoms with van der Waals surface area (Å²) in [7, 11) is 0. The molecule has 2 aromatic carbocycles. The summed E-state index contributed by atoms with van der Waals surface area (Å²) in [6.45, 7) is 6.84. The lowest BCUT2D eigenvalue weighted by molar-refractivity contribution is -0.134. The van der Waals surface area contributed by atoms with Gasteiger partial charge in [0.1, 0.15) is 0 Å². The van der Waals surface area contributed by atoms with Gasteiger partial charge in [0.15, 0.2) is 0 Å². The van der Waals surface area contributed by atoms with Crippen LogP contribution in [0.5, 0.6) is 0 Å². The Hall–Kier alpha value is -2.17. The average Bonchev–Trinajstić information content (AvgIpc) is 3.01. The van der Waals surface area contributed by atoms with Gasteiger partial charge in [-0.2, -0.15) is 0 Å². The van der Waals surface area contributed by atoms with Crippen molar-refractivity contribution in [1.82, 2.24) is 9.80 Å². The van der Waals surface area contributed by atoms with Crippen LogP contribution < -0.4 is 5.73 Å². The molecule has 1 heterocycles. The molecule has 1 amide bonds. The molecule has 1 aliphatic heterocycles. The van der Waals surface area contributed by atoms with Crippen molar-refractivity contribution in [2.75, 3.05) is 19.6 Å². The molecule has 0 aromatic heterocycles. The minimum Gasteiger partial charge on any atom is -0.335 e. The Morgan fingerprint density at radius 3 is 2.31 bits per heavy atom. The summed E-state index contributed by atoms with van der Waals surface area (Å²) in [5, 5.41) is 0. The summed E-state index contributed by atoms with van der Waals surface area (Å²) in [5.74, 6) is 0.468. The fourth-order valence-electron chi connectivity index (χ4n) is 3.72. The van der Waals surface area contributed by atoms with Gasteiger partial charge in [-0.05, 0) is 25.0 Å². The summed E-state index contributed by atoms with van der Waals surface area (Å²) in [4.78, 5) is 17.1. The molecule has 1 fully saturated rings. The number of carbonyl (C=O) groups is 1. The van der Waals surface area contributed by atoms with E-state index >= 15 is 0 Å². The predicted molar refractivity (Wildman–Crippen MR) is 106 cm³/mol. The number of rotatable bonds is 6. The predicted octanol–water partition coefficient (Wildman–Crippen LogP) is 2.85. The number of nitrogens with zero attached hydrogens (tertiary/aromatic N) is 2. The molecule has 1 aliphatic rings. The van der Waals surface area contributed by atoms with E-state index < -0.39 is 0 Å². The maximum absolute atomic E-state index is 12.9. The van der Waals surface area contributed by atoms with Crippen LogP contribution in [0.3, 0.4) is 0 Å². The van der Waals surface area contributed by atoms with Gasteiger partial charge in [0.05, 0.1) is 6.54 Å². The van der Waals surface area contributed by atoms with Gasteiger partial charge in [-0.15, -0.1) is 0 Å². The van der Waals surface area contributed by atoms with E-state index in [1.807, 2.05) is 29.2 Å². The van der Waals surface area contributed by atoms with Gasteiger partial charge in [0, 0.05) is 37.6 Å². The van der Waals surface area contributed by atoms with Gasteiger partial charge in [0.25, 0.3) is 0 Å². The van der Waals surface area contributed by atoms with Crippen LogP contribution in [-0.2, 0) is 11.3 Å². The zero-order chi connectivity index (χ0) is 18.5. The van der Waals surface area contributed by atoms with Crippen molar-refractivity contribution in [2.24, 2.45) is 5.73 Å². The standard InChI is InChI=1S/C22H29N3O/c1-17(2)25(13-18-9-5-3-6-10-18)22(26)16-24-14-20(21(23)15-24)19-11-7-4-8-12-19/h3-12,17,20-21H,13-16,23H2,1-2H3/t20-,21+/m0/s1. The summed E-state index contributed by atoms with van der Waals surface area (Å²) in [5.41, 5.74) is 8.80. The van der Waals surface area contributed by atoms with Crippen molar-refractivity contribution in [3.63, 3.8) is 0 Å². The van der Waals surface area contributed by atoms with Crippen LogP contribution in [0, 0.1) is 0 Å². The highest BCUT2D eigenvalue weighted by molar-refractivity contribution is 5.78. The van der Waals surface area contributed by atoms with Crippen LogP contribution >= 0.6 is 0 Å². The first kappa shape index (κ1) is 18.6. The van der Waals surface area contributed by atoms with Crippen LogP contribution in [0.2, 0.25) is 0 Å².